The van der Waals surface area contributed by atoms with E-state index in [2.05, 4.69) is 49.4 Å². The second-order valence-electron chi connectivity index (χ2n) is 6.09. The minimum absolute atomic E-state index is 0.122. The Morgan fingerprint density at radius 1 is 1.00 bits per heavy atom. The van der Waals surface area contributed by atoms with Crippen molar-refractivity contribution in [3.05, 3.63) is 54.1 Å². The molecule has 0 bridgehead atoms. The van der Waals surface area contributed by atoms with Crippen molar-refractivity contribution in [2.45, 2.75) is 25.8 Å². The van der Waals surface area contributed by atoms with Gasteiger partial charge >= 0.3 is 0 Å². The summed E-state index contributed by atoms with van der Waals surface area (Å²) in [7, 11) is 0. The van der Waals surface area contributed by atoms with Crippen molar-refractivity contribution in [2.75, 3.05) is 18.9 Å². The molecule has 3 rings (SSSR count). The Kier molecular flexibility index (Phi) is 4.79. The Morgan fingerprint density at radius 3 is 2.48 bits per heavy atom. The normalized spacial score (nSPS) is 12.8. The fourth-order valence-corrected chi connectivity index (χ4v) is 2.90. The molecule has 4 N–H and O–H groups in total. The second-order valence-corrected chi connectivity index (χ2v) is 6.09. The highest BCUT2D eigenvalue weighted by Gasteiger charge is 2.06. The van der Waals surface area contributed by atoms with Crippen LogP contribution in [-0.4, -0.2) is 19.3 Å². The van der Waals surface area contributed by atoms with Gasteiger partial charge in [0.2, 0.25) is 0 Å². The Morgan fingerprint density at radius 2 is 1.74 bits per heavy atom. The fraction of sp³-hybridized carbons (Fsp3) is 0.300. The number of hydrogen-bond donors (Lipinski definition) is 2. The number of fused-ring (bicyclic) bond motifs is 2. The maximum Gasteiger partial charge on any atom is 0.0617 e. The van der Waals surface area contributed by atoms with Crippen molar-refractivity contribution in [1.82, 2.24) is 0 Å². The Balaban J connectivity index is 1.88. The lowest BCUT2D eigenvalue weighted by Crippen LogP contribution is -2.25. The maximum absolute atomic E-state index is 6.08. The third-order valence-corrected chi connectivity index (χ3v) is 4.30. The zero-order valence-electron chi connectivity index (χ0n) is 13.6. The monoisotopic (exact) mass is 308 g/mol. The molecule has 0 aromatic heterocycles. The standard InChI is InChI=1S/C20H24N2O/c1-2-18(21)13-23-8-7-16-10-19(22)11-17-9-14-5-3-4-6-15(14)12-20(16)17/h3-6,9-12,18H,2,7-8,13,21-22H2,1H3. The number of benzene rings is 3. The van der Waals surface area contributed by atoms with Crippen LogP contribution in [0.1, 0.15) is 18.9 Å². The number of nitrogens with two attached hydrogens (primary N) is 2. The summed E-state index contributed by atoms with van der Waals surface area (Å²) in [4.78, 5) is 0. The molecule has 3 aromatic carbocycles. The summed E-state index contributed by atoms with van der Waals surface area (Å²) in [6, 6.07) is 17.1. The highest BCUT2D eigenvalue weighted by Crippen LogP contribution is 2.28. The van der Waals surface area contributed by atoms with E-state index >= 15 is 0 Å². The van der Waals surface area contributed by atoms with Gasteiger partial charge in [0.1, 0.15) is 0 Å². The van der Waals surface area contributed by atoms with E-state index in [9.17, 15) is 0 Å². The van der Waals surface area contributed by atoms with Crippen LogP contribution in [0.25, 0.3) is 21.5 Å². The number of anilines is 1. The molecule has 0 heterocycles. The summed E-state index contributed by atoms with van der Waals surface area (Å²) in [5.74, 6) is 0. The summed E-state index contributed by atoms with van der Waals surface area (Å²) in [6.45, 7) is 3.35. The second kappa shape index (κ2) is 6.99. The third kappa shape index (κ3) is 3.63. The van der Waals surface area contributed by atoms with Crippen molar-refractivity contribution in [3.8, 4) is 0 Å². The summed E-state index contributed by atoms with van der Waals surface area (Å²) in [6.07, 6.45) is 1.78. The number of nitrogen functional groups attached to an aromatic ring is 1. The topological polar surface area (TPSA) is 61.3 Å². The smallest absolute Gasteiger partial charge is 0.0617 e. The average molecular weight is 308 g/mol. The number of rotatable bonds is 6. The minimum atomic E-state index is 0.122. The molecule has 0 aliphatic carbocycles. The Labute approximate surface area is 137 Å². The van der Waals surface area contributed by atoms with Crippen LogP contribution in [0.5, 0.6) is 0 Å². The van der Waals surface area contributed by atoms with Crippen LogP contribution in [0, 0.1) is 0 Å². The Hall–Kier alpha value is -2.10. The summed E-state index contributed by atoms with van der Waals surface area (Å²) < 4.78 is 5.70. The van der Waals surface area contributed by atoms with E-state index in [0.717, 1.165) is 18.5 Å². The quantitative estimate of drug-likeness (QED) is 0.413. The van der Waals surface area contributed by atoms with E-state index in [1.807, 2.05) is 6.07 Å². The third-order valence-electron chi connectivity index (χ3n) is 4.30. The molecule has 1 unspecified atom stereocenters. The predicted molar refractivity (Wildman–Crippen MR) is 98.7 cm³/mol. The van der Waals surface area contributed by atoms with Gasteiger partial charge in [-0.3, -0.25) is 0 Å². The van der Waals surface area contributed by atoms with E-state index in [1.54, 1.807) is 0 Å². The number of ether oxygens (including phenoxy) is 1. The van der Waals surface area contributed by atoms with Gasteiger partial charge in [-0.25, -0.2) is 0 Å². The lowest BCUT2D eigenvalue weighted by atomic mass is 9.97. The molecule has 0 aliphatic rings. The van der Waals surface area contributed by atoms with Crippen LogP contribution in [0.3, 0.4) is 0 Å². The van der Waals surface area contributed by atoms with E-state index in [1.165, 1.54) is 27.1 Å². The van der Waals surface area contributed by atoms with E-state index in [0.29, 0.717) is 13.2 Å². The van der Waals surface area contributed by atoms with Gasteiger partial charge in [-0.15, -0.1) is 0 Å². The molecule has 1 atom stereocenters. The molecule has 0 saturated heterocycles. The first kappa shape index (κ1) is 15.8. The van der Waals surface area contributed by atoms with Gasteiger partial charge in [0.05, 0.1) is 13.2 Å². The minimum Gasteiger partial charge on any atom is -0.399 e. The maximum atomic E-state index is 6.08. The zero-order valence-corrected chi connectivity index (χ0v) is 13.6. The van der Waals surface area contributed by atoms with Crippen LogP contribution in [0.4, 0.5) is 5.69 Å². The van der Waals surface area contributed by atoms with Gasteiger partial charge < -0.3 is 16.2 Å². The molecule has 0 fully saturated rings. The molecular weight excluding hydrogens is 284 g/mol. The first-order valence-corrected chi connectivity index (χ1v) is 8.21. The van der Waals surface area contributed by atoms with E-state index in [-0.39, 0.29) is 6.04 Å². The predicted octanol–water partition coefficient (Wildman–Crippen LogP) is 3.87. The van der Waals surface area contributed by atoms with Gasteiger partial charge in [0.25, 0.3) is 0 Å². The van der Waals surface area contributed by atoms with Crippen LogP contribution in [0.15, 0.2) is 48.5 Å². The lowest BCUT2D eigenvalue weighted by Gasteiger charge is -2.12. The Bertz CT molecular complexity index is 813. The van der Waals surface area contributed by atoms with Crippen molar-refractivity contribution in [1.29, 1.82) is 0 Å². The molecule has 0 saturated carbocycles. The van der Waals surface area contributed by atoms with Crippen molar-refractivity contribution in [3.63, 3.8) is 0 Å². The molecule has 0 aliphatic heterocycles. The van der Waals surface area contributed by atoms with Crippen LogP contribution < -0.4 is 11.5 Å². The van der Waals surface area contributed by atoms with Gasteiger partial charge in [-0.2, -0.15) is 0 Å². The summed E-state index contributed by atoms with van der Waals surface area (Å²) in [5, 5.41) is 4.92. The molecule has 0 radical (unpaired) electrons. The molecular formula is C20H24N2O. The van der Waals surface area contributed by atoms with Crippen LogP contribution in [-0.2, 0) is 11.2 Å². The highest BCUT2D eigenvalue weighted by molar-refractivity contribution is 6.00. The van der Waals surface area contributed by atoms with Gasteiger partial charge in [0.15, 0.2) is 0 Å². The van der Waals surface area contributed by atoms with E-state index in [4.69, 9.17) is 16.2 Å². The fourth-order valence-electron chi connectivity index (χ4n) is 2.90. The number of hydrogen-bond acceptors (Lipinski definition) is 3. The highest BCUT2D eigenvalue weighted by atomic mass is 16.5. The van der Waals surface area contributed by atoms with E-state index < -0.39 is 0 Å². The SMILES string of the molecule is CCC(N)COCCc1cc(N)cc2cc3ccccc3cc12. The van der Waals surface area contributed by atoms with Gasteiger partial charge in [-0.05, 0) is 64.2 Å². The first-order valence-electron chi connectivity index (χ1n) is 8.21. The molecule has 3 heteroatoms. The lowest BCUT2D eigenvalue weighted by molar-refractivity contribution is 0.123. The van der Waals surface area contributed by atoms with Gasteiger partial charge in [0, 0.05) is 11.7 Å². The van der Waals surface area contributed by atoms with Crippen molar-refractivity contribution < 1.29 is 4.74 Å². The summed E-state index contributed by atoms with van der Waals surface area (Å²) >= 11 is 0. The van der Waals surface area contributed by atoms with Crippen LogP contribution in [0.2, 0.25) is 0 Å². The molecule has 0 spiro atoms. The molecule has 3 aromatic rings. The largest absolute Gasteiger partial charge is 0.399 e. The molecule has 0 amide bonds. The van der Waals surface area contributed by atoms with Gasteiger partial charge in [-0.1, -0.05) is 31.2 Å². The summed E-state index contributed by atoms with van der Waals surface area (Å²) in [5.41, 5.74) is 14.0. The molecule has 23 heavy (non-hydrogen) atoms. The average Bonchev–Trinajstić information content (AvgIpc) is 2.56. The molecule has 120 valence electrons. The van der Waals surface area contributed by atoms with Crippen molar-refractivity contribution >= 4 is 27.2 Å². The first-order chi connectivity index (χ1) is 11.2. The van der Waals surface area contributed by atoms with Crippen molar-refractivity contribution in [2.24, 2.45) is 5.73 Å². The van der Waals surface area contributed by atoms with Crippen LogP contribution >= 0.6 is 0 Å². The molecule has 3 nitrogen and oxygen atoms in total. The zero-order chi connectivity index (χ0) is 16.2.